The highest BCUT2D eigenvalue weighted by atomic mass is 19.1. The molecular formula is C23H23F2NO. The third kappa shape index (κ3) is 5.98. The van der Waals surface area contributed by atoms with Gasteiger partial charge in [0, 0.05) is 25.2 Å². The Labute approximate surface area is 158 Å². The van der Waals surface area contributed by atoms with Gasteiger partial charge in [0.2, 0.25) is 0 Å². The van der Waals surface area contributed by atoms with E-state index < -0.39 is 6.10 Å². The molecule has 0 fully saturated rings. The van der Waals surface area contributed by atoms with Gasteiger partial charge in [-0.25, -0.2) is 8.78 Å². The number of aliphatic hydroxyl groups excluding tert-OH is 1. The van der Waals surface area contributed by atoms with E-state index in [0.29, 0.717) is 31.6 Å². The summed E-state index contributed by atoms with van der Waals surface area (Å²) in [7, 11) is 0. The van der Waals surface area contributed by atoms with Crippen LogP contribution in [0, 0.1) is 11.6 Å². The maximum atomic E-state index is 14.1. The molecule has 0 aromatic heterocycles. The fraction of sp³-hybridized carbons (Fsp3) is 0.217. The summed E-state index contributed by atoms with van der Waals surface area (Å²) in [5.74, 6) is -0.553. The quantitative estimate of drug-likeness (QED) is 0.630. The zero-order valence-corrected chi connectivity index (χ0v) is 15.1. The summed E-state index contributed by atoms with van der Waals surface area (Å²) >= 11 is 0. The van der Waals surface area contributed by atoms with E-state index in [1.54, 1.807) is 30.3 Å². The average molecular weight is 367 g/mol. The van der Waals surface area contributed by atoms with Crippen LogP contribution in [0.1, 0.15) is 16.7 Å². The molecule has 3 rings (SSSR count). The molecule has 0 heterocycles. The molecule has 1 unspecified atom stereocenters. The summed E-state index contributed by atoms with van der Waals surface area (Å²) in [5, 5.41) is 10.5. The largest absolute Gasteiger partial charge is 0.391 e. The maximum absolute atomic E-state index is 14.1. The average Bonchev–Trinajstić information content (AvgIpc) is 2.66. The van der Waals surface area contributed by atoms with E-state index >= 15 is 0 Å². The Balaban J connectivity index is 1.72. The van der Waals surface area contributed by atoms with Crippen LogP contribution in [0.25, 0.3) is 0 Å². The molecule has 2 nitrogen and oxygen atoms in total. The summed E-state index contributed by atoms with van der Waals surface area (Å²) < 4.78 is 27.3. The second-order valence-electron chi connectivity index (χ2n) is 6.73. The van der Waals surface area contributed by atoms with Crippen LogP contribution < -0.4 is 0 Å². The number of hydrogen-bond acceptors (Lipinski definition) is 2. The van der Waals surface area contributed by atoms with Gasteiger partial charge in [-0.05, 0) is 35.7 Å². The van der Waals surface area contributed by atoms with Crippen LogP contribution in [0.2, 0.25) is 0 Å². The molecule has 3 aromatic rings. The molecule has 4 heteroatoms. The Kier molecular flexibility index (Phi) is 6.69. The number of rotatable bonds is 8. The van der Waals surface area contributed by atoms with Crippen LogP contribution in [0.4, 0.5) is 8.78 Å². The molecule has 0 saturated carbocycles. The van der Waals surface area contributed by atoms with Gasteiger partial charge in [0.1, 0.15) is 11.6 Å². The zero-order chi connectivity index (χ0) is 19.1. The number of nitrogens with zero attached hydrogens (tertiary/aromatic N) is 1. The number of halogens is 2. The van der Waals surface area contributed by atoms with Crippen molar-refractivity contribution in [3.8, 4) is 0 Å². The molecule has 1 N–H and O–H groups in total. The van der Waals surface area contributed by atoms with Crippen molar-refractivity contribution in [3.05, 3.63) is 107 Å². The third-order valence-electron chi connectivity index (χ3n) is 4.45. The molecule has 140 valence electrons. The Morgan fingerprint density at radius 3 is 2.11 bits per heavy atom. The van der Waals surface area contributed by atoms with E-state index in [0.717, 1.165) is 11.1 Å². The van der Waals surface area contributed by atoms with Gasteiger partial charge in [-0.3, -0.25) is 4.90 Å². The Bertz CT molecular complexity index is 837. The first-order valence-corrected chi connectivity index (χ1v) is 9.02. The molecule has 0 aliphatic carbocycles. The number of aliphatic hydroxyl groups is 1. The lowest BCUT2D eigenvalue weighted by Crippen LogP contribution is -2.33. The molecule has 3 aromatic carbocycles. The SMILES string of the molecule is OC(Cc1ccccc1)CN(Cc1ccc(F)cc1)Cc1ccccc1F. The first-order chi connectivity index (χ1) is 13.1. The van der Waals surface area contributed by atoms with Gasteiger partial charge in [-0.2, -0.15) is 0 Å². The third-order valence-corrected chi connectivity index (χ3v) is 4.45. The Hall–Kier alpha value is -2.56. The van der Waals surface area contributed by atoms with Crippen molar-refractivity contribution in [1.82, 2.24) is 4.90 Å². The van der Waals surface area contributed by atoms with Crippen LogP contribution >= 0.6 is 0 Å². The standard InChI is InChI=1S/C23H23F2NO/c24-21-12-10-19(11-13-21)15-26(16-20-8-4-5-9-23(20)25)17-22(27)14-18-6-2-1-3-7-18/h1-13,22,27H,14-17H2. The summed E-state index contributed by atoms with van der Waals surface area (Å²) in [5.41, 5.74) is 2.55. The molecule has 0 aliphatic rings. The molecule has 0 spiro atoms. The molecule has 0 bridgehead atoms. The lowest BCUT2D eigenvalue weighted by Gasteiger charge is -2.25. The van der Waals surface area contributed by atoms with Gasteiger partial charge >= 0.3 is 0 Å². The molecule has 1 atom stereocenters. The fourth-order valence-corrected chi connectivity index (χ4v) is 3.15. The lowest BCUT2D eigenvalue weighted by molar-refractivity contribution is 0.104. The van der Waals surface area contributed by atoms with Crippen molar-refractivity contribution in [2.45, 2.75) is 25.6 Å². The van der Waals surface area contributed by atoms with Crippen molar-refractivity contribution in [2.24, 2.45) is 0 Å². The van der Waals surface area contributed by atoms with E-state index in [-0.39, 0.29) is 11.6 Å². The molecule has 0 radical (unpaired) electrons. The predicted octanol–water partition coefficient (Wildman–Crippen LogP) is 4.57. The van der Waals surface area contributed by atoms with Gasteiger partial charge < -0.3 is 5.11 Å². The van der Waals surface area contributed by atoms with Crippen molar-refractivity contribution in [1.29, 1.82) is 0 Å². The summed E-state index contributed by atoms with van der Waals surface area (Å²) in [4.78, 5) is 1.99. The van der Waals surface area contributed by atoms with Gasteiger partial charge in [0.15, 0.2) is 0 Å². The highest BCUT2D eigenvalue weighted by molar-refractivity contribution is 5.19. The predicted molar refractivity (Wildman–Crippen MR) is 103 cm³/mol. The normalized spacial score (nSPS) is 12.3. The topological polar surface area (TPSA) is 23.5 Å². The maximum Gasteiger partial charge on any atom is 0.127 e. The molecule has 0 saturated heterocycles. The van der Waals surface area contributed by atoms with E-state index in [4.69, 9.17) is 0 Å². The van der Waals surface area contributed by atoms with E-state index in [9.17, 15) is 13.9 Å². The van der Waals surface area contributed by atoms with Crippen LogP contribution in [0.15, 0.2) is 78.9 Å². The van der Waals surface area contributed by atoms with Crippen molar-refractivity contribution in [3.63, 3.8) is 0 Å². The fourth-order valence-electron chi connectivity index (χ4n) is 3.15. The highest BCUT2D eigenvalue weighted by Crippen LogP contribution is 2.15. The van der Waals surface area contributed by atoms with Crippen LogP contribution in [0.3, 0.4) is 0 Å². The van der Waals surface area contributed by atoms with Gasteiger partial charge in [0.05, 0.1) is 6.10 Å². The van der Waals surface area contributed by atoms with Crippen LogP contribution in [0.5, 0.6) is 0 Å². The van der Waals surface area contributed by atoms with Crippen LogP contribution in [-0.4, -0.2) is 22.7 Å². The second kappa shape index (κ2) is 9.40. The minimum Gasteiger partial charge on any atom is -0.391 e. The second-order valence-corrected chi connectivity index (χ2v) is 6.73. The monoisotopic (exact) mass is 367 g/mol. The lowest BCUT2D eigenvalue weighted by atomic mass is 10.1. The molecular weight excluding hydrogens is 344 g/mol. The smallest absolute Gasteiger partial charge is 0.127 e. The minimum atomic E-state index is -0.584. The number of hydrogen-bond donors (Lipinski definition) is 1. The van der Waals surface area contributed by atoms with Crippen molar-refractivity contribution >= 4 is 0 Å². The van der Waals surface area contributed by atoms with Gasteiger partial charge in [0.25, 0.3) is 0 Å². The van der Waals surface area contributed by atoms with E-state index in [1.807, 2.05) is 35.2 Å². The van der Waals surface area contributed by atoms with Crippen LogP contribution in [-0.2, 0) is 19.5 Å². The summed E-state index contributed by atoms with van der Waals surface area (Å²) in [6, 6.07) is 22.7. The first-order valence-electron chi connectivity index (χ1n) is 9.02. The highest BCUT2D eigenvalue weighted by Gasteiger charge is 2.15. The molecule has 0 aliphatic heterocycles. The van der Waals surface area contributed by atoms with Crippen molar-refractivity contribution in [2.75, 3.05) is 6.54 Å². The first kappa shape index (κ1) is 19.2. The number of benzene rings is 3. The molecule has 0 amide bonds. The zero-order valence-electron chi connectivity index (χ0n) is 15.1. The minimum absolute atomic E-state index is 0.265. The van der Waals surface area contributed by atoms with Crippen molar-refractivity contribution < 1.29 is 13.9 Å². The van der Waals surface area contributed by atoms with E-state index in [1.165, 1.54) is 18.2 Å². The Morgan fingerprint density at radius 2 is 1.41 bits per heavy atom. The van der Waals surface area contributed by atoms with Gasteiger partial charge in [-0.1, -0.05) is 60.7 Å². The Morgan fingerprint density at radius 1 is 0.741 bits per heavy atom. The summed E-state index contributed by atoms with van der Waals surface area (Å²) in [6.45, 7) is 1.26. The van der Waals surface area contributed by atoms with E-state index in [2.05, 4.69) is 0 Å². The molecule has 27 heavy (non-hydrogen) atoms. The summed E-state index contributed by atoms with van der Waals surface area (Å²) in [6.07, 6.45) is -0.0579. The van der Waals surface area contributed by atoms with Gasteiger partial charge in [-0.15, -0.1) is 0 Å².